The number of carbonyl (C=O) groups excluding carboxylic acids is 2. The molecule has 0 saturated heterocycles. The quantitative estimate of drug-likeness (QED) is 0.302. The number of hydrogen-bond acceptors (Lipinski definition) is 7. The number of anilines is 2. The van der Waals surface area contributed by atoms with Gasteiger partial charge in [-0.2, -0.15) is 0 Å². The fourth-order valence-electron chi connectivity index (χ4n) is 5.94. The number of aryl methyl sites for hydroxylation is 4. The number of benzene rings is 3. The zero-order valence-electron chi connectivity index (χ0n) is 22.3. The van der Waals surface area contributed by atoms with E-state index in [1.165, 1.54) is 16.2 Å². The van der Waals surface area contributed by atoms with Crippen LogP contribution < -0.4 is 15.2 Å². The van der Waals surface area contributed by atoms with E-state index in [0.717, 1.165) is 22.3 Å². The highest BCUT2D eigenvalue weighted by Crippen LogP contribution is 2.54. The van der Waals surface area contributed by atoms with Crippen LogP contribution in [0.15, 0.2) is 69.9 Å². The summed E-state index contributed by atoms with van der Waals surface area (Å²) in [5.74, 6) is -1.15. The van der Waals surface area contributed by atoms with Crippen LogP contribution in [0.5, 0.6) is 0 Å². The van der Waals surface area contributed by atoms with Gasteiger partial charge in [-0.05, 0) is 62.6 Å². The fraction of sp³-hybridized carbons (Fsp3) is 0.194. The van der Waals surface area contributed by atoms with Crippen molar-refractivity contribution < 1.29 is 14.0 Å². The van der Waals surface area contributed by atoms with E-state index in [9.17, 15) is 14.4 Å². The Bertz CT molecular complexity index is 1980. The van der Waals surface area contributed by atoms with Crippen LogP contribution in [0.4, 0.5) is 10.8 Å². The maximum Gasteiger partial charge on any atom is 0.297 e. The van der Waals surface area contributed by atoms with E-state index in [4.69, 9.17) is 4.42 Å². The number of fused-ring (bicyclic) bond motifs is 5. The highest BCUT2D eigenvalue weighted by molar-refractivity contribution is 7.15. The third-order valence-electron chi connectivity index (χ3n) is 7.87. The molecule has 40 heavy (non-hydrogen) atoms. The number of nitrogens with zero attached hydrogens (tertiary/aromatic N) is 4. The number of hydrogen-bond donors (Lipinski definition) is 0. The second kappa shape index (κ2) is 8.43. The van der Waals surface area contributed by atoms with Crippen LogP contribution in [0.25, 0.3) is 11.0 Å². The SMILES string of the molecule is Cc1cccc(CN2C(=O)C3(c4ccccc42)c2c(oc4cc(C)c(C)cc4c2=O)C(=O)N3c2nnc(C)s2)c1. The van der Waals surface area contributed by atoms with E-state index < -0.39 is 22.8 Å². The van der Waals surface area contributed by atoms with E-state index in [2.05, 4.69) is 10.2 Å². The Morgan fingerprint density at radius 3 is 2.42 bits per heavy atom. The van der Waals surface area contributed by atoms with E-state index in [0.29, 0.717) is 27.2 Å². The minimum Gasteiger partial charge on any atom is -0.450 e. The van der Waals surface area contributed by atoms with Gasteiger partial charge in [0.1, 0.15) is 10.6 Å². The molecule has 4 heterocycles. The first-order chi connectivity index (χ1) is 19.2. The van der Waals surface area contributed by atoms with Crippen molar-refractivity contribution in [2.24, 2.45) is 0 Å². The summed E-state index contributed by atoms with van der Waals surface area (Å²) >= 11 is 1.19. The third-order valence-corrected chi connectivity index (χ3v) is 8.69. The van der Waals surface area contributed by atoms with E-state index in [1.807, 2.05) is 63.2 Å². The molecule has 1 spiro atoms. The van der Waals surface area contributed by atoms with Crippen molar-refractivity contribution in [3.05, 3.63) is 115 Å². The summed E-state index contributed by atoms with van der Waals surface area (Å²) in [6.07, 6.45) is 0. The van der Waals surface area contributed by atoms with E-state index in [-0.39, 0.29) is 23.0 Å². The van der Waals surface area contributed by atoms with Crippen LogP contribution in [-0.2, 0) is 16.9 Å². The zero-order chi connectivity index (χ0) is 27.9. The maximum absolute atomic E-state index is 14.9. The summed E-state index contributed by atoms with van der Waals surface area (Å²) in [6.45, 7) is 7.87. The Balaban J connectivity index is 1.57. The molecule has 0 aliphatic carbocycles. The highest BCUT2D eigenvalue weighted by Gasteiger charge is 2.66. The lowest BCUT2D eigenvalue weighted by molar-refractivity contribution is -0.121. The monoisotopic (exact) mass is 548 g/mol. The summed E-state index contributed by atoms with van der Waals surface area (Å²) in [4.78, 5) is 46.5. The molecule has 0 N–H and O–H groups in total. The molecule has 0 bridgehead atoms. The van der Waals surface area contributed by atoms with Crippen LogP contribution >= 0.6 is 11.3 Å². The first-order valence-corrected chi connectivity index (χ1v) is 13.7. The minimum atomic E-state index is -1.79. The van der Waals surface area contributed by atoms with Crippen molar-refractivity contribution in [1.29, 1.82) is 0 Å². The summed E-state index contributed by atoms with van der Waals surface area (Å²) < 4.78 is 6.21. The van der Waals surface area contributed by atoms with E-state index in [1.54, 1.807) is 30.0 Å². The molecule has 1 atom stereocenters. The van der Waals surface area contributed by atoms with Gasteiger partial charge in [-0.1, -0.05) is 59.4 Å². The minimum absolute atomic E-state index is 0.0188. The molecular formula is C31H24N4O4S. The highest BCUT2D eigenvalue weighted by atomic mass is 32.1. The topological polar surface area (TPSA) is 96.6 Å². The smallest absolute Gasteiger partial charge is 0.297 e. The van der Waals surface area contributed by atoms with Crippen molar-refractivity contribution >= 4 is 44.9 Å². The Kier molecular flexibility index (Phi) is 5.15. The van der Waals surface area contributed by atoms with Gasteiger partial charge in [0.05, 0.1) is 23.2 Å². The predicted molar refractivity (Wildman–Crippen MR) is 153 cm³/mol. The van der Waals surface area contributed by atoms with Gasteiger partial charge in [0, 0.05) is 5.56 Å². The number of carbonyl (C=O) groups is 2. The molecule has 5 aromatic rings. The summed E-state index contributed by atoms with van der Waals surface area (Å²) in [5, 5.41) is 9.57. The Labute approximate surface area is 233 Å². The van der Waals surface area contributed by atoms with Crippen LogP contribution in [0, 0.1) is 27.7 Å². The first kappa shape index (κ1) is 24.4. The van der Waals surface area contributed by atoms with Crippen LogP contribution in [0.2, 0.25) is 0 Å². The van der Waals surface area contributed by atoms with Crippen molar-refractivity contribution in [3.63, 3.8) is 0 Å². The van der Waals surface area contributed by atoms with Crippen molar-refractivity contribution in [3.8, 4) is 0 Å². The number of aromatic nitrogens is 2. The maximum atomic E-state index is 14.9. The van der Waals surface area contributed by atoms with Crippen LogP contribution in [0.1, 0.15) is 48.9 Å². The standard InChI is InChI=1S/C31H24N4O4S/c1-16-8-7-9-20(12-16)15-34-23-11-6-5-10-22(23)31(29(34)38)25-26(36)21-13-17(2)18(3)14-24(21)39-27(25)28(37)35(31)30-33-32-19(4)40-30/h5-14H,15H2,1-4H3. The third kappa shape index (κ3) is 3.15. The molecule has 9 heteroatoms. The summed E-state index contributed by atoms with van der Waals surface area (Å²) in [6, 6.07) is 18.8. The van der Waals surface area contributed by atoms with Gasteiger partial charge in [-0.3, -0.25) is 19.3 Å². The average molecular weight is 549 g/mol. The molecule has 0 radical (unpaired) electrons. The molecule has 0 saturated carbocycles. The van der Waals surface area contributed by atoms with Crippen molar-refractivity contribution in [1.82, 2.24) is 10.2 Å². The van der Waals surface area contributed by atoms with Crippen molar-refractivity contribution in [2.45, 2.75) is 39.8 Å². The molecule has 2 aliphatic rings. The van der Waals surface area contributed by atoms with Crippen LogP contribution in [-0.4, -0.2) is 22.0 Å². The summed E-state index contributed by atoms with van der Waals surface area (Å²) in [5.41, 5.74) is 3.13. The van der Waals surface area contributed by atoms with Gasteiger partial charge in [0.2, 0.25) is 10.9 Å². The molecule has 2 amide bonds. The average Bonchev–Trinajstić information content (AvgIpc) is 3.54. The molecule has 7 rings (SSSR count). The first-order valence-electron chi connectivity index (χ1n) is 12.9. The largest absolute Gasteiger partial charge is 0.450 e. The molecule has 2 aromatic heterocycles. The Hall–Kier alpha value is -4.63. The molecule has 0 fully saturated rings. The lowest BCUT2D eigenvalue weighted by atomic mass is 9.84. The Morgan fingerprint density at radius 1 is 0.900 bits per heavy atom. The predicted octanol–water partition coefficient (Wildman–Crippen LogP) is 5.33. The number of rotatable bonds is 3. The molecule has 1 unspecified atom stereocenters. The van der Waals surface area contributed by atoms with E-state index >= 15 is 0 Å². The zero-order valence-corrected chi connectivity index (χ0v) is 23.1. The van der Waals surface area contributed by atoms with Gasteiger partial charge in [-0.15, -0.1) is 10.2 Å². The second-order valence-electron chi connectivity index (χ2n) is 10.4. The summed E-state index contributed by atoms with van der Waals surface area (Å²) in [7, 11) is 0. The Morgan fingerprint density at radius 2 is 1.68 bits per heavy atom. The van der Waals surface area contributed by atoms with Crippen molar-refractivity contribution in [2.75, 3.05) is 9.80 Å². The fourth-order valence-corrected chi connectivity index (χ4v) is 6.68. The van der Waals surface area contributed by atoms with Crippen LogP contribution in [0.3, 0.4) is 0 Å². The van der Waals surface area contributed by atoms with Gasteiger partial charge < -0.3 is 9.32 Å². The van der Waals surface area contributed by atoms with Gasteiger partial charge in [-0.25, -0.2) is 0 Å². The number of amides is 2. The van der Waals surface area contributed by atoms with Gasteiger partial charge in [0.25, 0.3) is 11.8 Å². The van der Waals surface area contributed by atoms with Gasteiger partial charge >= 0.3 is 0 Å². The lowest BCUT2D eigenvalue weighted by Crippen LogP contribution is -2.53. The molecule has 2 aliphatic heterocycles. The molecular weight excluding hydrogens is 524 g/mol. The number of para-hydroxylation sites is 1. The lowest BCUT2D eigenvalue weighted by Gasteiger charge is -2.32. The second-order valence-corrected chi connectivity index (χ2v) is 11.6. The molecule has 3 aromatic carbocycles. The normalized spacial score (nSPS) is 17.8. The molecule has 198 valence electrons. The molecule has 8 nitrogen and oxygen atoms in total. The van der Waals surface area contributed by atoms with Gasteiger partial charge in [0.15, 0.2) is 11.0 Å².